The van der Waals surface area contributed by atoms with E-state index in [1.54, 1.807) is 0 Å². The summed E-state index contributed by atoms with van der Waals surface area (Å²) in [5, 5.41) is 2.44. The molecule has 1 aliphatic rings. The van der Waals surface area contributed by atoms with Crippen LogP contribution in [-0.4, -0.2) is 9.13 Å². The number of nitrogens with zero attached hydrogens (tertiary/aromatic N) is 2. The molecule has 0 aliphatic heterocycles. The van der Waals surface area contributed by atoms with Crippen LogP contribution >= 0.6 is 0 Å². The zero-order chi connectivity index (χ0) is 34.1. The van der Waals surface area contributed by atoms with E-state index in [1.807, 2.05) is 0 Å². The molecule has 242 valence electrons. The normalized spacial score (nSPS) is 13.1. The van der Waals surface area contributed by atoms with Gasteiger partial charge in [-0.2, -0.15) is 0 Å². The largest absolute Gasteiger partial charge is 0.309 e. The molecule has 0 spiro atoms. The molecular weight excluding hydrogens is 617 g/mol. The van der Waals surface area contributed by atoms with Gasteiger partial charge in [0.1, 0.15) is 0 Å². The molecule has 0 radical (unpaired) electrons. The maximum Gasteiger partial charge on any atom is 0.0541 e. The summed E-state index contributed by atoms with van der Waals surface area (Å²) in [6.45, 7) is 4.71. The van der Waals surface area contributed by atoms with Crippen molar-refractivity contribution in [3.05, 3.63) is 193 Å². The third kappa shape index (κ3) is 4.64. The molecule has 0 fully saturated rings. The number of para-hydroxylation sites is 1. The Labute approximate surface area is 298 Å². The molecular formula is C49H36N2. The van der Waals surface area contributed by atoms with Crippen LogP contribution in [-0.2, 0) is 5.41 Å². The highest BCUT2D eigenvalue weighted by atomic mass is 15.0. The number of hydrogen-bond donors (Lipinski definition) is 0. The van der Waals surface area contributed by atoms with Crippen LogP contribution < -0.4 is 0 Å². The van der Waals surface area contributed by atoms with Crippen molar-refractivity contribution >= 4 is 21.8 Å². The molecule has 0 bridgehead atoms. The molecule has 2 heterocycles. The third-order valence-electron chi connectivity index (χ3n) is 10.9. The molecule has 2 aromatic heterocycles. The molecule has 0 amide bonds. The molecule has 10 rings (SSSR count). The van der Waals surface area contributed by atoms with Gasteiger partial charge in [0.2, 0.25) is 0 Å². The van der Waals surface area contributed by atoms with E-state index >= 15 is 0 Å². The molecule has 0 unspecified atom stereocenters. The second-order valence-corrected chi connectivity index (χ2v) is 14.2. The topological polar surface area (TPSA) is 9.86 Å². The van der Waals surface area contributed by atoms with E-state index < -0.39 is 0 Å². The first-order chi connectivity index (χ1) is 25.0. The number of hydrogen-bond acceptors (Lipinski definition) is 0. The fourth-order valence-corrected chi connectivity index (χ4v) is 8.37. The average Bonchev–Trinajstić information content (AvgIpc) is 3.83. The zero-order valence-electron chi connectivity index (χ0n) is 28.7. The smallest absolute Gasteiger partial charge is 0.0541 e. The van der Waals surface area contributed by atoms with Gasteiger partial charge in [-0.15, -0.1) is 0 Å². The van der Waals surface area contributed by atoms with Crippen LogP contribution in [0.5, 0.6) is 0 Å². The summed E-state index contributed by atoms with van der Waals surface area (Å²) in [6.07, 6.45) is 0. The SMILES string of the molecule is CC1(C)c2ccccc2-c2ccc(-n3c(-c4ccccc4)cc4ccc(-c5ccc6cc(-c7ccccc7)n(-c7ccccc7)c6c5)cc43)cc21. The van der Waals surface area contributed by atoms with E-state index in [4.69, 9.17) is 0 Å². The van der Waals surface area contributed by atoms with Crippen LogP contribution in [0.3, 0.4) is 0 Å². The summed E-state index contributed by atoms with van der Waals surface area (Å²) in [5.41, 5.74) is 17.3. The summed E-state index contributed by atoms with van der Waals surface area (Å²) in [4.78, 5) is 0. The lowest BCUT2D eigenvalue weighted by molar-refractivity contribution is 0.660. The minimum atomic E-state index is -0.0787. The van der Waals surface area contributed by atoms with Crippen LogP contribution in [0, 0.1) is 0 Å². The van der Waals surface area contributed by atoms with Gasteiger partial charge >= 0.3 is 0 Å². The molecule has 9 aromatic rings. The summed E-state index contributed by atoms with van der Waals surface area (Å²) in [6, 6.07) is 66.6. The summed E-state index contributed by atoms with van der Waals surface area (Å²) in [5.74, 6) is 0. The van der Waals surface area contributed by atoms with Crippen LogP contribution in [0.4, 0.5) is 0 Å². The van der Waals surface area contributed by atoms with E-state index in [9.17, 15) is 0 Å². The highest BCUT2D eigenvalue weighted by molar-refractivity contribution is 5.96. The molecule has 0 N–H and O–H groups in total. The van der Waals surface area contributed by atoms with Crippen molar-refractivity contribution < 1.29 is 0 Å². The minimum Gasteiger partial charge on any atom is -0.309 e. The molecule has 0 saturated heterocycles. The molecule has 2 nitrogen and oxygen atoms in total. The Morgan fingerprint density at radius 1 is 0.353 bits per heavy atom. The quantitative estimate of drug-likeness (QED) is 0.175. The van der Waals surface area contributed by atoms with Gasteiger partial charge in [-0.05, 0) is 93.0 Å². The Hall–Kier alpha value is -6.38. The Morgan fingerprint density at radius 2 is 0.843 bits per heavy atom. The van der Waals surface area contributed by atoms with Crippen LogP contribution in [0.15, 0.2) is 182 Å². The molecule has 0 atom stereocenters. The standard InChI is InChI=1S/C49H36N2/c1-49(2)43-21-13-12-20-41(43)42-27-26-40(32-44(42)49)51-46(34-16-8-4-9-17-34)31-38-25-23-36(29-48(38)51)35-22-24-37-30-45(33-14-6-3-7-15-33)50(47(37)28-35)39-18-10-5-11-19-39/h3-32H,1-2H3. The van der Waals surface area contributed by atoms with Gasteiger partial charge in [0.05, 0.1) is 22.4 Å². The average molecular weight is 653 g/mol. The Bertz CT molecular complexity index is 2750. The first kappa shape index (κ1) is 29.5. The summed E-state index contributed by atoms with van der Waals surface area (Å²) >= 11 is 0. The molecule has 2 heteroatoms. The molecule has 7 aromatic carbocycles. The van der Waals surface area contributed by atoms with E-state index in [1.165, 1.54) is 83.4 Å². The maximum absolute atomic E-state index is 2.46. The number of benzene rings is 7. The number of fused-ring (bicyclic) bond motifs is 5. The predicted octanol–water partition coefficient (Wildman–Crippen LogP) is 12.9. The van der Waals surface area contributed by atoms with Gasteiger partial charge in [0.25, 0.3) is 0 Å². The van der Waals surface area contributed by atoms with E-state index in [0.29, 0.717) is 0 Å². The van der Waals surface area contributed by atoms with E-state index in [2.05, 4.69) is 205 Å². The van der Waals surface area contributed by atoms with E-state index in [0.717, 1.165) is 5.69 Å². The highest BCUT2D eigenvalue weighted by Crippen LogP contribution is 2.49. The van der Waals surface area contributed by atoms with Gasteiger partial charge in [-0.1, -0.05) is 147 Å². The fourth-order valence-electron chi connectivity index (χ4n) is 8.37. The van der Waals surface area contributed by atoms with Crippen molar-refractivity contribution in [1.82, 2.24) is 9.13 Å². The van der Waals surface area contributed by atoms with Crippen molar-refractivity contribution in [2.24, 2.45) is 0 Å². The van der Waals surface area contributed by atoms with Gasteiger partial charge in [0.15, 0.2) is 0 Å². The Morgan fingerprint density at radius 3 is 1.43 bits per heavy atom. The molecule has 1 aliphatic carbocycles. The summed E-state index contributed by atoms with van der Waals surface area (Å²) in [7, 11) is 0. The second-order valence-electron chi connectivity index (χ2n) is 14.2. The minimum absolute atomic E-state index is 0.0787. The van der Waals surface area contributed by atoms with Crippen molar-refractivity contribution in [3.63, 3.8) is 0 Å². The lowest BCUT2D eigenvalue weighted by Gasteiger charge is -2.22. The summed E-state index contributed by atoms with van der Waals surface area (Å²) < 4.78 is 4.86. The molecule has 0 saturated carbocycles. The fraction of sp³-hybridized carbons (Fsp3) is 0.0612. The Balaban J connectivity index is 1.17. The maximum atomic E-state index is 2.46. The number of aromatic nitrogens is 2. The van der Waals surface area contributed by atoms with Crippen LogP contribution in [0.1, 0.15) is 25.0 Å². The third-order valence-corrected chi connectivity index (χ3v) is 10.9. The second kappa shape index (κ2) is 11.3. The predicted molar refractivity (Wildman–Crippen MR) is 214 cm³/mol. The van der Waals surface area contributed by atoms with Gasteiger partial charge in [-0.25, -0.2) is 0 Å². The monoisotopic (exact) mass is 652 g/mol. The lowest BCUT2D eigenvalue weighted by atomic mass is 9.82. The highest BCUT2D eigenvalue weighted by Gasteiger charge is 2.35. The van der Waals surface area contributed by atoms with Gasteiger partial charge < -0.3 is 9.13 Å². The van der Waals surface area contributed by atoms with Crippen LogP contribution in [0.25, 0.3) is 77.9 Å². The van der Waals surface area contributed by atoms with Crippen molar-refractivity contribution in [2.75, 3.05) is 0 Å². The van der Waals surface area contributed by atoms with Gasteiger partial charge in [0, 0.05) is 27.6 Å². The lowest BCUT2D eigenvalue weighted by Crippen LogP contribution is -2.15. The first-order valence-electron chi connectivity index (χ1n) is 17.8. The van der Waals surface area contributed by atoms with E-state index in [-0.39, 0.29) is 5.41 Å². The first-order valence-corrected chi connectivity index (χ1v) is 17.8. The van der Waals surface area contributed by atoms with Gasteiger partial charge in [-0.3, -0.25) is 0 Å². The Kier molecular flexibility index (Phi) is 6.56. The van der Waals surface area contributed by atoms with Crippen molar-refractivity contribution in [1.29, 1.82) is 0 Å². The van der Waals surface area contributed by atoms with Crippen molar-refractivity contribution in [2.45, 2.75) is 19.3 Å². The number of rotatable bonds is 5. The molecule has 51 heavy (non-hydrogen) atoms. The van der Waals surface area contributed by atoms with Crippen molar-refractivity contribution in [3.8, 4) is 56.1 Å². The zero-order valence-corrected chi connectivity index (χ0v) is 28.7. The van der Waals surface area contributed by atoms with Crippen LogP contribution in [0.2, 0.25) is 0 Å².